The van der Waals surface area contributed by atoms with E-state index in [4.69, 9.17) is 9.47 Å². The van der Waals surface area contributed by atoms with Gasteiger partial charge in [0.2, 0.25) is 5.91 Å². The summed E-state index contributed by atoms with van der Waals surface area (Å²) in [6, 6.07) is -0.797. The first kappa shape index (κ1) is 45.4. The maximum absolute atomic E-state index is 12.9. The number of esters is 2. The number of carbonyl (C=O) groups is 3. The van der Waals surface area contributed by atoms with E-state index in [-0.39, 0.29) is 24.7 Å². The molecule has 1 N–H and O–H groups in total. The van der Waals surface area contributed by atoms with Crippen molar-refractivity contribution in [1.82, 2.24) is 5.32 Å². The molecule has 1 amide bonds. The molecule has 0 fully saturated rings. The van der Waals surface area contributed by atoms with E-state index < -0.39 is 12.0 Å². The zero-order valence-electron chi connectivity index (χ0n) is 31.7. The van der Waals surface area contributed by atoms with Crippen molar-refractivity contribution in [3.05, 3.63) is 0 Å². The van der Waals surface area contributed by atoms with Crippen LogP contribution in [-0.2, 0) is 23.9 Å². The Morgan fingerprint density at radius 1 is 0.426 bits per heavy atom. The monoisotopic (exact) mass is 666 g/mol. The molecule has 0 spiro atoms. The molecule has 0 aromatic rings. The lowest BCUT2D eigenvalue weighted by Crippen LogP contribution is -2.42. The summed E-state index contributed by atoms with van der Waals surface area (Å²) >= 11 is 0. The van der Waals surface area contributed by atoms with Gasteiger partial charge in [0.15, 0.2) is 0 Å². The van der Waals surface area contributed by atoms with Gasteiger partial charge in [0.1, 0.15) is 6.04 Å². The summed E-state index contributed by atoms with van der Waals surface area (Å²) in [5.41, 5.74) is 0. The van der Waals surface area contributed by atoms with Gasteiger partial charge in [-0.05, 0) is 25.7 Å². The van der Waals surface area contributed by atoms with Gasteiger partial charge >= 0.3 is 11.9 Å². The molecule has 0 saturated heterocycles. The first-order valence-electron chi connectivity index (χ1n) is 20.7. The fourth-order valence-electron chi connectivity index (χ4n) is 6.08. The molecule has 0 saturated carbocycles. The van der Waals surface area contributed by atoms with Crippen LogP contribution in [0.2, 0.25) is 0 Å². The topological polar surface area (TPSA) is 81.7 Å². The minimum absolute atomic E-state index is 0.105. The summed E-state index contributed by atoms with van der Waals surface area (Å²) < 4.78 is 11.0. The molecule has 278 valence electrons. The van der Waals surface area contributed by atoms with Crippen LogP contribution < -0.4 is 5.32 Å². The third-order valence-corrected chi connectivity index (χ3v) is 9.27. The molecule has 0 aromatic heterocycles. The van der Waals surface area contributed by atoms with Gasteiger partial charge in [0.05, 0.1) is 13.2 Å². The summed E-state index contributed by atoms with van der Waals surface area (Å²) in [5, 5.41) is 2.88. The van der Waals surface area contributed by atoms with E-state index >= 15 is 0 Å². The molecule has 0 aliphatic rings. The van der Waals surface area contributed by atoms with E-state index in [1.54, 1.807) is 0 Å². The van der Waals surface area contributed by atoms with E-state index in [0.717, 1.165) is 51.4 Å². The van der Waals surface area contributed by atoms with E-state index in [9.17, 15) is 14.4 Å². The second-order valence-electron chi connectivity index (χ2n) is 14.0. The van der Waals surface area contributed by atoms with Gasteiger partial charge in [-0.15, -0.1) is 0 Å². The SMILES string of the molecule is CCCCCCCCCCCCOC(=O)CC[C@@H](NC(=O)CCCCCCCCCCC)C(=O)OCCCCCCCCCCCC. The summed E-state index contributed by atoms with van der Waals surface area (Å²) in [7, 11) is 0. The van der Waals surface area contributed by atoms with Gasteiger partial charge in [0.25, 0.3) is 0 Å². The van der Waals surface area contributed by atoms with Crippen molar-refractivity contribution < 1.29 is 23.9 Å². The number of ether oxygens (including phenoxy) is 2. The van der Waals surface area contributed by atoms with E-state index in [1.807, 2.05) is 0 Å². The summed E-state index contributed by atoms with van der Waals surface area (Å²) in [6.07, 6.45) is 36.0. The number of amides is 1. The fourth-order valence-corrected chi connectivity index (χ4v) is 6.08. The van der Waals surface area contributed by atoms with Crippen molar-refractivity contribution in [3.63, 3.8) is 0 Å². The first-order valence-corrected chi connectivity index (χ1v) is 20.7. The van der Waals surface area contributed by atoms with Crippen molar-refractivity contribution in [1.29, 1.82) is 0 Å². The average molecular weight is 666 g/mol. The molecule has 0 heterocycles. The van der Waals surface area contributed by atoms with Crippen LogP contribution in [0.5, 0.6) is 0 Å². The molecule has 47 heavy (non-hydrogen) atoms. The zero-order valence-corrected chi connectivity index (χ0v) is 31.7. The Kier molecular flexibility index (Phi) is 36.0. The molecular formula is C41H79NO5. The Bertz CT molecular complexity index is 697. The molecule has 0 unspecified atom stereocenters. The van der Waals surface area contributed by atoms with Gasteiger partial charge in [-0.3, -0.25) is 9.59 Å². The molecule has 1 atom stereocenters. The second-order valence-corrected chi connectivity index (χ2v) is 14.0. The lowest BCUT2D eigenvalue weighted by molar-refractivity contribution is -0.149. The molecule has 0 bridgehead atoms. The molecule has 6 nitrogen and oxygen atoms in total. The van der Waals surface area contributed by atoms with Crippen LogP contribution in [0.15, 0.2) is 0 Å². The lowest BCUT2D eigenvalue weighted by atomic mass is 10.1. The van der Waals surface area contributed by atoms with Crippen LogP contribution in [0.3, 0.4) is 0 Å². The Morgan fingerprint density at radius 3 is 1.17 bits per heavy atom. The molecule has 6 heteroatoms. The van der Waals surface area contributed by atoms with Gasteiger partial charge in [-0.2, -0.15) is 0 Å². The van der Waals surface area contributed by atoms with Crippen LogP contribution in [0, 0.1) is 0 Å². The Balaban J connectivity index is 4.35. The fraction of sp³-hybridized carbons (Fsp3) is 0.927. The van der Waals surface area contributed by atoms with Crippen LogP contribution in [0.4, 0.5) is 0 Å². The minimum atomic E-state index is -0.797. The number of carbonyl (C=O) groups excluding carboxylic acids is 3. The highest BCUT2D eigenvalue weighted by Crippen LogP contribution is 2.14. The molecule has 0 rings (SSSR count). The Morgan fingerprint density at radius 2 is 0.766 bits per heavy atom. The van der Waals surface area contributed by atoms with Gasteiger partial charge in [-0.1, -0.05) is 188 Å². The predicted octanol–water partition coefficient (Wildman–Crippen LogP) is 12.1. The van der Waals surface area contributed by atoms with Crippen molar-refractivity contribution >= 4 is 17.8 Å². The average Bonchev–Trinajstić information content (AvgIpc) is 3.07. The highest BCUT2D eigenvalue weighted by molar-refractivity contribution is 5.85. The molecular weight excluding hydrogens is 586 g/mol. The van der Waals surface area contributed by atoms with Crippen LogP contribution >= 0.6 is 0 Å². The summed E-state index contributed by atoms with van der Waals surface area (Å²) in [4.78, 5) is 38.1. The Hall–Kier alpha value is -1.59. The highest BCUT2D eigenvalue weighted by Gasteiger charge is 2.23. The van der Waals surface area contributed by atoms with Crippen molar-refractivity contribution in [2.45, 2.75) is 232 Å². The van der Waals surface area contributed by atoms with Crippen LogP contribution in [-0.4, -0.2) is 37.1 Å². The van der Waals surface area contributed by atoms with Gasteiger partial charge in [0, 0.05) is 12.8 Å². The smallest absolute Gasteiger partial charge is 0.328 e. The molecule has 0 aromatic carbocycles. The van der Waals surface area contributed by atoms with Gasteiger partial charge in [-0.25, -0.2) is 4.79 Å². The standard InChI is InChI=1S/C41H79NO5/c1-4-7-10-13-16-19-22-25-28-31-36-46-40(44)35-34-38(42-39(43)33-30-27-24-21-18-15-12-9-6-3)41(45)47-37-32-29-26-23-20-17-14-11-8-5-2/h38H,4-37H2,1-3H3,(H,42,43)/t38-/m1/s1. The molecule has 0 radical (unpaired) electrons. The van der Waals surface area contributed by atoms with Crippen molar-refractivity contribution in [3.8, 4) is 0 Å². The van der Waals surface area contributed by atoms with E-state index in [0.29, 0.717) is 19.6 Å². The highest BCUT2D eigenvalue weighted by atomic mass is 16.5. The minimum Gasteiger partial charge on any atom is -0.466 e. The first-order chi connectivity index (χ1) is 23.0. The molecule has 0 aliphatic carbocycles. The normalized spacial score (nSPS) is 11.8. The number of nitrogens with one attached hydrogen (secondary N) is 1. The quantitative estimate of drug-likeness (QED) is 0.0527. The van der Waals surface area contributed by atoms with Crippen molar-refractivity contribution in [2.75, 3.05) is 13.2 Å². The summed E-state index contributed by atoms with van der Waals surface area (Å²) in [5.74, 6) is -0.863. The zero-order chi connectivity index (χ0) is 34.5. The Labute approximate surface area is 292 Å². The third-order valence-electron chi connectivity index (χ3n) is 9.27. The summed E-state index contributed by atoms with van der Waals surface area (Å²) in [6.45, 7) is 7.52. The number of rotatable bonds is 37. The second kappa shape index (κ2) is 37.2. The van der Waals surface area contributed by atoms with Crippen molar-refractivity contribution in [2.24, 2.45) is 0 Å². The third kappa shape index (κ3) is 34.1. The van der Waals surface area contributed by atoms with E-state index in [2.05, 4.69) is 26.1 Å². The maximum atomic E-state index is 12.9. The number of unbranched alkanes of at least 4 members (excludes halogenated alkanes) is 26. The van der Waals surface area contributed by atoms with Crippen LogP contribution in [0.25, 0.3) is 0 Å². The van der Waals surface area contributed by atoms with E-state index in [1.165, 1.54) is 135 Å². The van der Waals surface area contributed by atoms with Crippen LogP contribution in [0.1, 0.15) is 226 Å². The predicted molar refractivity (Wildman–Crippen MR) is 199 cm³/mol. The number of hydrogen-bond acceptors (Lipinski definition) is 5. The number of hydrogen-bond donors (Lipinski definition) is 1. The van der Waals surface area contributed by atoms with Gasteiger partial charge < -0.3 is 14.8 Å². The largest absolute Gasteiger partial charge is 0.466 e. The lowest BCUT2D eigenvalue weighted by Gasteiger charge is -2.18. The maximum Gasteiger partial charge on any atom is 0.328 e. The molecule has 0 aliphatic heterocycles.